The molecule has 1 aliphatic rings. The molecule has 1 aromatic heterocycles. The van der Waals surface area contributed by atoms with Crippen LogP contribution in [0.4, 0.5) is 4.79 Å². The molecule has 1 aliphatic heterocycles. The maximum atomic E-state index is 12.3. The third-order valence-electron chi connectivity index (χ3n) is 3.14. The first-order valence-corrected chi connectivity index (χ1v) is 7.23. The van der Waals surface area contributed by atoms with Crippen molar-refractivity contribution in [2.45, 2.75) is 58.8 Å². The summed E-state index contributed by atoms with van der Waals surface area (Å²) in [4.78, 5) is 14.1. The van der Waals surface area contributed by atoms with Crippen molar-refractivity contribution in [2.24, 2.45) is 0 Å². The van der Waals surface area contributed by atoms with Crippen LogP contribution >= 0.6 is 15.9 Å². The molecule has 0 unspecified atom stereocenters. The van der Waals surface area contributed by atoms with Crippen molar-refractivity contribution in [1.82, 2.24) is 14.7 Å². The van der Waals surface area contributed by atoms with Crippen LogP contribution in [0.2, 0.25) is 0 Å². The Labute approximate surface area is 122 Å². The lowest BCUT2D eigenvalue weighted by molar-refractivity contribution is -0.000310. The summed E-state index contributed by atoms with van der Waals surface area (Å²) < 4.78 is 8.23. The number of halogens is 1. The van der Waals surface area contributed by atoms with Crippen LogP contribution in [0, 0.1) is 0 Å². The molecule has 0 radical (unpaired) electrons. The number of hydrogen-bond donors (Lipinski definition) is 0. The topological polar surface area (TPSA) is 47.4 Å². The highest BCUT2D eigenvalue weighted by molar-refractivity contribution is 9.10. The first-order valence-electron chi connectivity index (χ1n) is 6.43. The average molecular weight is 330 g/mol. The van der Waals surface area contributed by atoms with Crippen molar-refractivity contribution in [3.63, 3.8) is 0 Å². The van der Waals surface area contributed by atoms with Crippen LogP contribution in [0.5, 0.6) is 0 Å². The Balaban J connectivity index is 2.25. The molecule has 0 saturated heterocycles. The van der Waals surface area contributed by atoms with Gasteiger partial charge in [-0.3, -0.25) is 9.58 Å². The number of nitrogens with zero attached hydrogens (tertiary/aromatic N) is 3. The van der Waals surface area contributed by atoms with Gasteiger partial charge in [0, 0.05) is 0 Å². The van der Waals surface area contributed by atoms with Crippen molar-refractivity contribution in [3.05, 3.63) is 16.4 Å². The van der Waals surface area contributed by atoms with Gasteiger partial charge in [-0.25, -0.2) is 4.79 Å². The molecule has 0 fully saturated rings. The van der Waals surface area contributed by atoms with Gasteiger partial charge in [0.2, 0.25) is 0 Å². The molecule has 106 valence electrons. The zero-order chi connectivity index (χ0) is 14.4. The van der Waals surface area contributed by atoms with E-state index >= 15 is 0 Å². The second kappa shape index (κ2) is 4.81. The largest absolute Gasteiger partial charge is 0.444 e. The van der Waals surface area contributed by atoms with Crippen molar-refractivity contribution in [2.75, 3.05) is 0 Å². The number of aromatic nitrogens is 2. The summed E-state index contributed by atoms with van der Waals surface area (Å²) in [6.07, 6.45) is -0.268. The van der Waals surface area contributed by atoms with Crippen LogP contribution in [0.15, 0.2) is 10.7 Å². The summed E-state index contributed by atoms with van der Waals surface area (Å²) in [6.45, 7) is 10.3. The van der Waals surface area contributed by atoms with Crippen LogP contribution < -0.4 is 0 Å². The second-order valence-corrected chi connectivity index (χ2v) is 6.80. The minimum Gasteiger partial charge on any atom is -0.444 e. The normalized spacial score (nSPS) is 23.2. The molecular formula is C13H20BrN3O2. The van der Waals surface area contributed by atoms with Crippen molar-refractivity contribution < 1.29 is 9.53 Å². The third kappa shape index (κ3) is 2.94. The summed E-state index contributed by atoms with van der Waals surface area (Å²) in [6, 6.07) is 1.97. The average Bonchev–Trinajstić information content (AvgIpc) is 2.55. The van der Waals surface area contributed by atoms with Crippen molar-refractivity contribution >= 4 is 22.0 Å². The minimum atomic E-state index is -0.477. The summed E-state index contributed by atoms with van der Waals surface area (Å²) in [5.74, 6) is 0. The molecule has 2 atom stereocenters. The van der Waals surface area contributed by atoms with E-state index in [2.05, 4.69) is 21.0 Å². The summed E-state index contributed by atoms with van der Waals surface area (Å²) in [5, 5.41) is 4.37. The van der Waals surface area contributed by atoms with Gasteiger partial charge < -0.3 is 4.74 Å². The summed E-state index contributed by atoms with van der Waals surface area (Å²) in [7, 11) is 0. The maximum absolute atomic E-state index is 12.3. The zero-order valence-corrected chi connectivity index (χ0v) is 13.6. The van der Waals surface area contributed by atoms with Gasteiger partial charge >= 0.3 is 6.09 Å². The first kappa shape index (κ1) is 14.4. The first-order chi connectivity index (χ1) is 8.69. The fourth-order valence-corrected chi connectivity index (χ4v) is 2.82. The smallest absolute Gasteiger partial charge is 0.411 e. The highest BCUT2D eigenvalue weighted by Gasteiger charge is 2.36. The molecule has 0 spiro atoms. The SMILES string of the molecule is C[C@@H]1c2cc(Br)nn2C[C@H](C)N1C(=O)OC(C)(C)C. The van der Waals surface area contributed by atoms with Crippen LogP contribution in [0.25, 0.3) is 0 Å². The molecule has 0 N–H and O–H groups in total. The standard InChI is InChI=1S/C13H20BrN3O2/c1-8-7-16-10(6-11(14)15-16)9(2)17(8)12(18)19-13(3,4)5/h6,8-9H,7H2,1-5H3/t8-,9+/m0/s1. The highest BCUT2D eigenvalue weighted by atomic mass is 79.9. The zero-order valence-electron chi connectivity index (χ0n) is 12.0. The summed E-state index contributed by atoms with van der Waals surface area (Å²) >= 11 is 3.38. The van der Waals surface area contributed by atoms with Crippen molar-refractivity contribution in [3.8, 4) is 0 Å². The lowest BCUT2D eigenvalue weighted by atomic mass is 10.1. The molecule has 19 heavy (non-hydrogen) atoms. The van der Waals surface area contributed by atoms with Gasteiger partial charge in [0.1, 0.15) is 10.2 Å². The molecule has 0 aromatic carbocycles. The Hall–Kier alpha value is -1.04. The second-order valence-electron chi connectivity index (χ2n) is 5.99. The van der Waals surface area contributed by atoms with E-state index in [1.807, 2.05) is 45.4 Å². The lowest BCUT2D eigenvalue weighted by Crippen LogP contribution is -2.48. The highest BCUT2D eigenvalue weighted by Crippen LogP contribution is 2.31. The minimum absolute atomic E-state index is 0.0441. The number of ether oxygens (including phenoxy) is 1. The Morgan fingerprint density at radius 3 is 2.68 bits per heavy atom. The van der Waals surface area contributed by atoms with Crippen LogP contribution in [-0.2, 0) is 11.3 Å². The van der Waals surface area contributed by atoms with Gasteiger partial charge in [-0.2, -0.15) is 5.10 Å². The van der Waals surface area contributed by atoms with Gasteiger partial charge in [0.05, 0.1) is 24.3 Å². The number of amides is 1. The fraction of sp³-hybridized carbons (Fsp3) is 0.692. The van der Waals surface area contributed by atoms with E-state index in [0.29, 0.717) is 6.54 Å². The van der Waals surface area contributed by atoms with Crippen LogP contribution in [0.3, 0.4) is 0 Å². The van der Waals surface area contributed by atoms with E-state index in [1.165, 1.54) is 0 Å². The van der Waals surface area contributed by atoms with E-state index in [4.69, 9.17) is 4.74 Å². The molecule has 1 aromatic rings. The number of hydrogen-bond acceptors (Lipinski definition) is 3. The predicted molar refractivity (Wildman–Crippen MR) is 75.9 cm³/mol. The van der Waals surface area contributed by atoms with E-state index in [-0.39, 0.29) is 18.2 Å². The number of fused-ring (bicyclic) bond motifs is 1. The fourth-order valence-electron chi connectivity index (χ4n) is 2.40. The van der Waals surface area contributed by atoms with Crippen LogP contribution in [0.1, 0.15) is 46.4 Å². The van der Waals surface area contributed by atoms with E-state index < -0.39 is 5.60 Å². The monoisotopic (exact) mass is 329 g/mol. The summed E-state index contributed by atoms with van der Waals surface area (Å²) in [5.41, 5.74) is 0.547. The maximum Gasteiger partial charge on any atom is 0.411 e. The van der Waals surface area contributed by atoms with E-state index in [1.54, 1.807) is 4.90 Å². The predicted octanol–water partition coefficient (Wildman–Crippen LogP) is 3.35. The van der Waals surface area contributed by atoms with Crippen LogP contribution in [-0.4, -0.2) is 32.4 Å². The molecule has 2 heterocycles. The van der Waals surface area contributed by atoms with Gasteiger partial charge in [0.15, 0.2) is 0 Å². The van der Waals surface area contributed by atoms with Gasteiger partial charge in [-0.15, -0.1) is 0 Å². The molecular weight excluding hydrogens is 310 g/mol. The molecule has 6 heteroatoms. The Morgan fingerprint density at radius 2 is 2.11 bits per heavy atom. The van der Waals surface area contributed by atoms with Gasteiger partial charge in [-0.1, -0.05) is 0 Å². The number of rotatable bonds is 0. The van der Waals surface area contributed by atoms with E-state index in [0.717, 1.165) is 10.3 Å². The van der Waals surface area contributed by atoms with Crippen molar-refractivity contribution in [1.29, 1.82) is 0 Å². The van der Waals surface area contributed by atoms with E-state index in [9.17, 15) is 4.79 Å². The Kier molecular flexibility index (Phi) is 3.64. The quantitative estimate of drug-likeness (QED) is 0.733. The molecule has 1 amide bonds. The van der Waals surface area contributed by atoms with Gasteiger partial charge in [-0.05, 0) is 56.6 Å². The molecule has 0 saturated carbocycles. The molecule has 0 bridgehead atoms. The molecule has 5 nitrogen and oxygen atoms in total. The molecule has 2 rings (SSSR count). The molecule has 0 aliphatic carbocycles. The number of carbonyl (C=O) groups excluding carboxylic acids is 1. The Morgan fingerprint density at radius 1 is 1.47 bits per heavy atom. The van der Waals surface area contributed by atoms with Gasteiger partial charge in [0.25, 0.3) is 0 Å². The third-order valence-corrected chi connectivity index (χ3v) is 3.53. The lowest BCUT2D eigenvalue weighted by Gasteiger charge is -2.39. The Bertz CT molecular complexity index is 493. The number of carbonyl (C=O) groups is 1.